The summed E-state index contributed by atoms with van der Waals surface area (Å²) in [6, 6.07) is 12.0. The molecular formula is C15H14N2OS. The average molecular weight is 270 g/mol. The van der Waals surface area contributed by atoms with Gasteiger partial charge < -0.3 is 5.32 Å². The number of benzene rings is 1. The van der Waals surface area contributed by atoms with Crippen LogP contribution in [0.3, 0.4) is 0 Å². The van der Waals surface area contributed by atoms with Gasteiger partial charge >= 0.3 is 0 Å². The van der Waals surface area contributed by atoms with Crippen LogP contribution >= 0.6 is 11.8 Å². The SMILES string of the molecule is O=C(NCc1cccnc1)[C@H]1Cc2ccccc2S1. The molecule has 4 heteroatoms. The second kappa shape index (κ2) is 5.45. The molecule has 1 aromatic carbocycles. The maximum atomic E-state index is 12.1. The zero-order valence-electron chi connectivity index (χ0n) is 10.4. The number of amides is 1. The quantitative estimate of drug-likeness (QED) is 0.931. The van der Waals surface area contributed by atoms with E-state index in [9.17, 15) is 4.79 Å². The van der Waals surface area contributed by atoms with Crippen LogP contribution in [0.25, 0.3) is 0 Å². The molecule has 1 N–H and O–H groups in total. The molecule has 1 atom stereocenters. The van der Waals surface area contributed by atoms with Crippen LogP contribution in [0.1, 0.15) is 11.1 Å². The third-order valence-corrected chi connectivity index (χ3v) is 4.45. The van der Waals surface area contributed by atoms with E-state index < -0.39 is 0 Å². The van der Waals surface area contributed by atoms with Crippen molar-refractivity contribution in [2.45, 2.75) is 23.1 Å². The van der Waals surface area contributed by atoms with E-state index in [0.29, 0.717) is 6.54 Å². The number of carbonyl (C=O) groups excluding carboxylic acids is 1. The minimum Gasteiger partial charge on any atom is -0.351 e. The van der Waals surface area contributed by atoms with E-state index in [0.717, 1.165) is 12.0 Å². The summed E-state index contributed by atoms with van der Waals surface area (Å²) in [6.45, 7) is 0.542. The lowest BCUT2D eigenvalue weighted by atomic mass is 10.1. The van der Waals surface area contributed by atoms with Gasteiger partial charge in [0.25, 0.3) is 0 Å². The van der Waals surface area contributed by atoms with Crippen molar-refractivity contribution in [1.82, 2.24) is 10.3 Å². The lowest BCUT2D eigenvalue weighted by molar-refractivity contribution is -0.120. The van der Waals surface area contributed by atoms with Crippen LogP contribution in [0.15, 0.2) is 53.7 Å². The molecule has 0 spiro atoms. The minimum atomic E-state index is -0.00549. The summed E-state index contributed by atoms with van der Waals surface area (Å²) in [5.74, 6) is 0.102. The van der Waals surface area contributed by atoms with Gasteiger partial charge in [0.15, 0.2) is 0 Å². The van der Waals surface area contributed by atoms with Crippen LogP contribution in [0.5, 0.6) is 0 Å². The van der Waals surface area contributed by atoms with Crippen molar-refractivity contribution in [3.63, 3.8) is 0 Å². The van der Waals surface area contributed by atoms with E-state index in [2.05, 4.69) is 22.4 Å². The molecule has 1 aliphatic rings. The molecule has 19 heavy (non-hydrogen) atoms. The number of rotatable bonds is 3. The van der Waals surface area contributed by atoms with Gasteiger partial charge in [-0.2, -0.15) is 0 Å². The molecule has 0 radical (unpaired) electrons. The highest BCUT2D eigenvalue weighted by Gasteiger charge is 2.27. The second-order valence-corrected chi connectivity index (χ2v) is 5.74. The van der Waals surface area contributed by atoms with Crippen molar-refractivity contribution in [3.8, 4) is 0 Å². The predicted octanol–water partition coefficient (Wildman–Crippen LogP) is 2.41. The first-order chi connectivity index (χ1) is 9.33. The molecule has 96 valence electrons. The van der Waals surface area contributed by atoms with Crippen LogP contribution in [0, 0.1) is 0 Å². The van der Waals surface area contributed by atoms with Crippen molar-refractivity contribution in [1.29, 1.82) is 0 Å². The summed E-state index contributed by atoms with van der Waals surface area (Å²) < 4.78 is 0. The largest absolute Gasteiger partial charge is 0.351 e. The van der Waals surface area contributed by atoms with Crippen molar-refractivity contribution in [2.75, 3.05) is 0 Å². The number of pyridine rings is 1. The Hall–Kier alpha value is -1.81. The van der Waals surface area contributed by atoms with Crippen LogP contribution in [0.4, 0.5) is 0 Å². The molecule has 2 aromatic rings. The summed E-state index contributed by atoms with van der Waals surface area (Å²) in [5, 5.41) is 2.97. The van der Waals surface area contributed by atoms with Crippen LogP contribution < -0.4 is 5.32 Å². The van der Waals surface area contributed by atoms with Crippen molar-refractivity contribution >= 4 is 17.7 Å². The summed E-state index contributed by atoms with van der Waals surface area (Å²) in [6.07, 6.45) is 4.32. The average Bonchev–Trinajstić information content (AvgIpc) is 2.90. The number of aromatic nitrogens is 1. The lowest BCUT2D eigenvalue weighted by Gasteiger charge is -2.09. The number of hydrogen-bond acceptors (Lipinski definition) is 3. The Morgan fingerprint density at radius 3 is 3.00 bits per heavy atom. The molecule has 3 rings (SSSR count). The predicted molar refractivity (Wildman–Crippen MR) is 75.9 cm³/mol. The van der Waals surface area contributed by atoms with Gasteiger partial charge in [0.05, 0.1) is 5.25 Å². The fraction of sp³-hybridized carbons (Fsp3) is 0.200. The Morgan fingerprint density at radius 2 is 2.21 bits per heavy atom. The van der Waals surface area contributed by atoms with Gasteiger partial charge in [-0.1, -0.05) is 24.3 Å². The maximum absolute atomic E-state index is 12.1. The number of nitrogens with one attached hydrogen (secondary N) is 1. The molecule has 0 saturated carbocycles. The van der Waals surface area contributed by atoms with Gasteiger partial charge in [-0.05, 0) is 29.7 Å². The Balaban J connectivity index is 1.58. The Labute approximate surface area is 116 Å². The van der Waals surface area contributed by atoms with Crippen LogP contribution in [-0.2, 0) is 17.8 Å². The summed E-state index contributed by atoms with van der Waals surface area (Å²) in [5.41, 5.74) is 2.30. The molecule has 1 amide bonds. The van der Waals surface area contributed by atoms with Crippen molar-refractivity contribution in [3.05, 3.63) is 59.9 Å². The van der Waals surface area contributed by atoms with E-state index >= 15 is 0 Å². The van der Waals surface area contributed by atoms with Gasteiger partial charge in [0.2, 0.25) is 5.91 Å². The van der Waals surface area contributed by atoms with Gasteiger partial charge in [0.1, 0.15) is 0 Å². The Morgan fingerprint density at radius 1 is 1.32 bits per heavy atom. The normalized spacial score (nSPS) is 16.9. The molecule has 2 heterocycles. The fourth-order valence-electron chi connectivity index (χ4n) is 2.13. The summed E-state index contributed by atoms with van der Waals surface area (Å²) in [7, 11) is 0. The van der Waals surface area contributed by atoms with Crippen molar-refractivity contribution < 1.29 is 4.79 Å². The monoisotopic (exact) mass is 270 g/mol. The summed E-state index contributed by atoms with van der Waals surface area (Å²) >= 11 is 1.65. The van der Waals surface area contributed by atoms with E-state index in [4.69, 9.17) is 0 Å². The standard InChI is InChI=1S/C15H14N2OS/c18-15(17-10-11-4-3-7-16-9-11)14-8-12-5-1-2-6-13(12)19-14/h1-7,9,14H,8,10H2,(H,17,18)/t14-/m1/s1. The molecule has 0 unspecified atom stereocenters. The first-order valence-corrected chi connectivity index (χ1v) is 7.12. The highest BCUT2D eigenvalue weighted by Crippen LogP contribution is 2.36. The molecule has 0 saturated heterocycles. The highest BCUT2D eigenvalue weighted by molar-refractivity contribution is 8.01. The van der Waals surface area contributed by atoms with Crippen LogP contribution in [-0.4, -0.2) is 16.1 Å². The number of nitrogens with zero attached hydrogens (tertiary/aromatic N) is 1. The zero-order valence-corrected chi connectivity index (χ0v) is 11.2. The third kappa shape index (κ3) is 2.79. The van der Waals surface area contributed by atoms with Gasteiger partial charge in [-0.15, -0.1) is 11.8 Å². The maximum Gasteiger partial charge on any atom is 0.234 e. The number of fused-ring (bicyclic) bond motifs is 1. The highest BCUT2D eigenvalue weighted by atomic mass is 32.2. The summed E-state index contributed by atoms with van der Waals surface area (Å²) in [4.78, 5) is 17.4. The number of thioether (sulfide) groups is 1. The van der Waals surface area contributed by atoms with E-state index in [-0.39, 0.29) is 11.2 Å². The molecule has 0 aliphatic carbocycles. The van der Waals surface area contributed by atoms with Gasteiger partial charge in [0, 0.05) is 23.8 Å². The molecule has 0 bridgehead atoms. The first kappa shape index (κ1) is 12.2. The van der Waals surface area contributed by atoms with Crippen molar-refractivity contribution in [2.24, 2.45) is 0 Å². The molecule has 0 fully saturated rings. The smallest absolute Gasteiger partial charge is 0.234 e. The van der Waals surface area contributed by atoms with E-state index in [1.807, 2.05) is 24.3 Å². The zero-order chi connectivity index (χ0) is 13.1. The molecule has 1 aromatic heterocycles. The third-order valence-electron chi connectivity index (χ3n) is 3.13. The number of hydrogen-bond donors (Lipinski definition) is 1. The van der Waals surface area contributed by atoms with Gasteiger partial charge in [-0.3, -0.25) is 9.78 Å². The molecular weight excluding hydrogens is 256 g/mol. The fourth-order valence-corrected chi connectivity index (χ4v) is 3.35. The van der Waals surface area contributed by atoms with Crippen LogP contribution in [0.2, 0.25) is 0 Å². The number of carbonyl (C=O) groups is 1. The lowest BCUT2D eigenvalue weighted by Crippen LogP contribution is -2.31. The van der Waals surface area contributed by atoms with E-state index in [1.165, 1.54) is 10.5 Å². The molecule has 1 aliphatic heterocycles. The van der Waals surface area contributed by atoms with E-state index in [1.54, 1.807) is 24.2 Å². The minimum absolute atomic E-state index is 0.00549. The second-order valence-electron chi connectivity index (χ2n) is 4.50. The first-order valence-electron chi connectivity index (χ1n) is 6.24. The topological polar surface area (TPSA) is 42.0 Å². The Kier molecular flexibility index (Phi) is 3.51. The Bertz CT molecular complexity index is 561. The molecule has 3 nitrogen and oxygen atoms in total. The van der Waals surface area contributed by atoms with Gasteiger partial charge in [-0.25, -0.2) is 0 Å².